The zero-order valence-corrected chi connectivity index (χ0v) is 13.1. The Hall–Kier alpha value is -1.40. The fourth-order valence-electron chi connectivity index (χ4n) is 2.26. The number of nitrogens with two attached hydrogens (primary N) is 1. The molecule has 1 aromatic rings. The number of rotatable bonds is 7. The number of aliphatic hydroxyl groups is 1. The van der Waals surface area contributed by atoms with Crippen molar-refractivity contribution in [2.24, 2.45) is 11.8 Å². The number of nitrogens with zero attached hydrogens (tertiary/aromatic N) is 2. The molecule has 0 bridgehead atoms. The van der Waals surface area contributed by atoms with Crippen molar-refractivity contribution in [1.29, 1.82) is 0 Å². The van der Waals surface area contributed by atoms with E-state index in [0.717, 1.165) is 24.2 Å². The van der Waals surface area contributed by atoms with Crippen LogP contribution >= 0.6 is 0 Å². The molecular weight excluding hydrogens is 254 g/mol. The van der Waals surface area contributed by atoms with Gasteiger partial charge in [-0.2, -0.15) is 0 Å². The van der Waals surface area contributed by atoms with Gasteiger partial charge < -0.3 is 15.8 Å². The van der Waals surface area contributed by atoms with E-state index in [2.05, 4.69) is 34.6 Å². The van der Waals surface area contributed by atoms with Gasteiger partial charge in [0.1, 0.15) is 17.5 Å². The van der Waals surface area contributed by atoms with Gasteiger partial charge in [-0.25, -0.2) is 15.8 Å². The van der Waals surface area contributed by atoms with Crippen LogP contribution in [0.3, 0.4) is 0 Å². The van der Waals surface area contributed by atoms with E-state index in [4.69, 9.17) is 5.84 Å². The van der Waals surface area contributed by atoms with Crippen molar-refractivity contribution in [1.82, 2.24) is 9.97 Å². The average molecular weight is 281 g/mol. The van der Waals surface area contributed by atoms with Crippen molar-refractivity contribution >= 4 is 11.6 Å². The maximum atomic E-state index is 10.3. The first kappa shape index (κ1) is 16.7. The summed E-state index contributed by atoms with van der Waals surface area (Å²) < 4.78 is 0. The normalized spacial score (nSPS) is 14.2. The zero-order valence-electron chi connectivity index (χ0n) is 13.1. The van der Waals surface area contributed by atoms with Crippen molar-refractivity contribution in [3.63, 3.8) is 0 Å². The molecule has 1 heterocycles. The van der Waals surface area contributed by atoms with E-state index < -0.39 is 5.60 Å². The maximum Gasteiger partial charge on any atom is 0.148 e. The fraction of sp³-hybridized carbons (Fsp3) is 0.714. The molecule has 20 heavy (non-hydrogen) atoms. The fourth-order valence-corrected chi connectivity index (χ4v) is 2.26. The Balaban J connectivity index is 2.86. The van der Waals surface area contributed by atoms with E-state index in [0.29, 0.717) is 24.1 Å². The Labute approximate surface area is 121 Å². The second kappa shape index (κ2) is 6.85. The smallest absolute Gasteiger partial charge is 0.148 e. The van der Waals surface area contributed by atoms with Crippen molar-refractivity contribution in [3.8, 4) is 0 Å². The molecule has 0 aliphatic rings. The van der Waals surface area contributed by atoms with Crippen molar-refractivity contribution in [3.05, 3.63) is 11.4 Å². The van der Waals surface area contributed by atoms with Gasteiger partial charge in [0.25, 0.3) is 0 Å². The van der Waals surface area contributed by atoms with Crippen LogP contribution in [0.25, 0.3) is 0 Å². The van der Waals surface area contributed by atoms with Crippen LogP contribution in [0.1, 0.15) is 45.5 Å². The SMILES string of the molecule is CCc1nc(NN)c(C)c(NCC(C)(O)CC(C)C)n1. The third kappa shape index (κ3) is 4.61. The lowest BCUT2D eigenvalue weighted by Gasteiger charge is -2.26. The summed E-state index contributed by atoms with van der Waals surface area (Å²) >= 11 is 0. The van der Waals surface area contributed by atoms with Gasteiger partial charge in [-0.15, -0.1) is 0 Å². The van der Waals surface area contributed by atoms with Gasteiger partial charge in [-0.1, -0.05) is 20.8 Å². The van der Waals surface area contributed by atoms with Crippen LogP contribution in [0.15, 0.2) is 0 Å². The highest BCUT2D eigenvalue weighted by Crippen LogP contribution is 2.22. The third-order valence-corrected chi connectivity index (χ3v) is 3.13. The summed E-state index contributed by atoms with van der Waals surface area (Å²) in [5, 5.41) is 13.6. The Kier molecular flexibility index (Phi) is 5.71. The molecule has 0 spiro atoms. The average Bonchev–Trinajstić information content (AvgIpc) is 2.36. The van der Waals surface area contributed by atoms with Crippen LogP contribution in [-0.2, 0) is 6.42 Å². The van der Waals surface area contributed by atoms with E-state index in [1.165, 1.54) is 0 Å². The van der Waals surface area contributed by atoms with Crippen molar-refractivity contribution in [2.45, 2.75) is 53.1 Å². The minimum atomic E-state index is -0.770. The van der Waals surface area contributed by atoms with Gasteiger partial charge in [-0.05, 0) is 26.2 Å². The van der Waals surface area contributed by atoms with Gasteiger partial charge in [-0.3, -0.25) is 0 Å². The van der Waals surface area contributed by atoms with E-state index in [1.807, 2.05) is 20.8 Å². The number of anilines is 2. The monoisotopic (exact) mass is 281 g/mol. The lowest BCUT2D eigenvalue weighted by Crippen LogP contribution is -2.35. The van der Waals surface area contributed by atoms with E-state index in [-0.39, 0.29) is 0 Å². The molecule has 1 rings (SSSR count). The number of aromatic nitrogens is 2. The molecule has 1 aromatic heterocycles. The standard InChI is InChI=1S/C14H27N5O/c1-6-11-17-12(10(4)13(18-11)19-15)16-8-14(5,20)7-9(2)3/h9,20H,6-8,15H2,1-5H3,(H2,16,17,18,19). The third-order valence-electron chi connectivity index (χ3n) is 3.13. The van der Waals surface area contributed by atoms with Crippen LogP contribution < -0.4 is 16.6 Å². The Bertz CT molecular complexity index is 445. The van der Waals surface area contributed by atoms with Crippen LogP contribution in [0.4, 0.5) is 11.6 Å². The largest absolute Gasteiger partial charge is 0.388 e. The molecule has 1 atom stereocenters. The highest BCUT2D eigenvalue weighted by atomic mass is 16.3. The molecule has 5 N–H and O–H groups in total. The zero-order chi connectivity index (χ0) is 15.3. The highest BCUT2D eigenvalue weighted by molar-refractivity contribution is 5.56. The second-order valence-corrected chi connectivity index (χ2v) is 5.91. The first-order chi connectivity index (χ1) is 9.29. The van der Waals surface area contributed by atoms with E-state index in [1.54, 1.807) is 0 Å². The van der Waals surface area contributed by atoms with Gasteiger partial charge in [0.15, 0.2) is 0 Å². The molecule has 6 heteroatoms. The summed E-state index contributed by atoms with van der Waals surface area (Å²) in [6, 6.07) is 0. The summed E-state index contributed by atoms with van der Waals surface area (Å²) in [5.41, 5.74) is 2.67. The van der Waals surface area contributed by atoms with Crippen LogP contribution in [-0.4, -0.2) is 27.2 Å². The maximum absolute atomic E-state index is 10.3. The quantitative estimate of drug-likeness (QED) is 0.450. The minimum absolute atomic E-state index is 0.436. The summed E-state index contributed by atoms with van der Waals surface area (Å²) in [6.07, 6.45) is 1.46. The van der Waals surface area contributed by atoms with Gasteiger partial charge in [0, 0.05) is 18.5 Å². The van der Waals surface area contributed by atoms with Crippen molar-refractivity contribution in [2.75, 3.05) is 17.3 Å². The number of nitrogens with one attached hydrogen (secondary N) is 2. The molecule has 0 aromatic carbocycles. The molecule has 0 fully saturated rings. The summed E-state index contributed by atoms with van der Waals surface area (Å²) in [4.78, 5) is 8.77. The first-order valence-electron chi connectivity index (χ1n) is 7.09. The Morgan fingerprint density at radius 3 is 2.40 bits per heavy atom. The predicted octanol–water partition coefficient (Wildman–Crippen LogP) is 1.84. The van der Waals surface area contributed by atoms with Crippen LogP contribution in [0.2, 0.25) is 0 Å². The molecular formula is C14H27N5O. The van der Waals surface area contributed by atoms with E-state index in [9.17, 15) is 5.11 Å². The molecule has 6 nitrogen and oxygen atoms in total. The molecule has 0 aliphatic heterocycles. The summed E-state index contributed by atoms with van der Waals surface area (Å²) in [7, 11) is 0. The minimum Gasteiger partial charge on any atom is -0.388 e. The first-order valence-corrected chi connectivity index (χ1v) is 7.09. The van der Waals surface area contributed by atoms with E-state index >= 15 is 0 Å². The van der Waals surface area contributed by atoms with Gasteiger partial charge >= 0.3 is 0 Å². The lowest BCUT2D eigenvalue weighted by atomic mass is 9.94. The molecule has 0 aliphatic carbocycles. The lowest BCUT2D eigenvalue weighted by molar-refractivity contribution is 0.0514. The molecule has 0 saturated heterocycles. The molecule has 0 amide bonds. The number of aryl methyl sites for hydroxylation is 1. The Morgan fingerprint density at radius 1 is 1.30 bits per heavy atom. The Morgan fingerprint density at radius 2 is 1.90 bits per heavy atom. The van der Waals surface area contributed by atoms with Gasteiger partial charge in [0.05, 0.1) is 5.60 Å². The summed E-state index contributed by atoms with van der Waals surface area (Å²) in [6.45, 7) is 10.3. The van der Waals surface area contributed by atoms with Crippen molar-refractivity contribution < 1.29 is 5.11 Å². The number of hydrogen-bond acceptors (Lipinski definition) is 6. The predicted molar refractivity (Wildman–Crippen MR) is 82.5 cm³/mol. The highest BCUT2D eigenvalue weighted by Gasteiger charge is 2.22. The molecule has 1 unspecified atom stereocenters. The van der Waals surface area contributed by atoms with Gasteiger partial charge in [0.2, 0.25) is 0 Å². The second-order valence-electron chi connectivity index (χ2n) is 5.91. The number of hydrogen-bond donors (Lipinski definition) is 4. The molecule has 114 valence electrons. The number of nitrogen functional groups attached to an aromatic ring is 1. The number of hydrazine groups is 1. The molecule has 0 radical (unpaired) electrons. The van der Waals surface area contributed by atoms with Crippen LogP contribution in [0, 0.1) is 12.8 Å². The van der Waals surface area contributed by atoms with Crippen LogP contribution in [0.5, 0.6) is 0 Å². The topological polar surface area (TPSA) is 96.1 Å². The summed E-state index contributed by atoms with van der Waals surface area (Å²) in [5.74, 6) is 7.96. The molecule has 0 saturated carbocycles.